The zero-order valence-electron chi connectivity index (χ0n) is 20.8. The molecule has 2 aromatic rings. The van der Waals surface area contributed by atoms with Crippen molar-refractivity contribution in [2.75, 3.05) is 39.3 Å². The fourth-order valence-corrected chi connectivity index (χ4v) is 5.53. The van der Waals surface area contributed by atoms with E-state index in [-0.39, 0.29) is 29.5 Å². The minimum Gasteiger partial charge on any atom is -0.356 e. The molecule has 0 spiro atoms. The third kappa shape index (κ3) is 6.63. The zero-order chi connectivity index (χ0) is 24.7. The highest BCUT2D eigenvalue weighted by molar-refractivity contribution is 7.17. The SMILES string of the molecule is CCN(CC)CCCNC(=O)[C@@H](C)C1CCN(C(=O)c2sc(-c3ccc(F)cc3)nc2C)CC1. The Morgan fingerprint density at radius 1 is 1.21 bits per heavy atom. The van der Waals surface area contributed by atoms with E-state index in [1.165, 1.54) is 23.5 Å². The summed E-state index contributed by atoms with van der Waals surface area (Å²) in [6, 6.07) is 6.17. The Bertz CT molecular complexity index is 950. The summed E-state index contributed by atoms with van der Waals surface area (Å²) >= 11 is 1.36. The second kappa shape index (κ2) is 12.4. The molecule has 0 bridgehead atoms. The number of likely N-dealkylation sites (tertiary alicyclic amines) is 1. The number of nitrogens with zero attached hydrogens (tertiary/aromatic N) is 3. The number of carbonyl (C=O) groups is 2. The Balaban J connectivity index is 1.49. The van der Waals surface area contributed by atoms with Gasteiger partial charge in [-0.15, -0.1) is 11.3 Å². The third-order valence-corrected chi connectivity index (χ3v) is 8.07. The summed E-state index contributed by atoms with van der Waals surface area (Å²) in [5.74, 6) is 0.0470. The lowest BCUT2D eigenvalue weighted by Gasteiger charge is -2.34. The monoisotopic (exact) mass is 488 g/mol. The highest BCUT2D eigenvalue weighted by atomic mass is 32.1. The van der Waals surface area contributed by atoms with Gasteiger partial charge < -0.3 is 15.1 Å². The first-order valence-corrected chi connectivity index (χ1v) is 13.2. The Kier molecular flexibility index (Phi) is 9.59. The molecule has 8 heteroatoms. The van der Waals surface area contributed by atoms with E-state index in [1.807, 2.05) is 18.7 Å². The van der Waals surface area contributed by atoms with Crippen LogP contribution in [0.1, 0.15) is 55.4 Å². The van der Waals surface area contributed by atoms with Crippen LogP contribution in [0.2, 0.25) is 0 Å². The summed E-state index contributed by atoms with van der Waals surface area (Å²) in [5, 5.41) is 3.82. The van der Waals surface area contributed by atoms with Crippen LogP contribution >= 0.6 is 11.3 Å². The molecule has 0 saturated carbocycles. The van der Waals surface area contributed by atoms with Crippen LogP contribution in [0.15, 0.2) is 24.3 Å². The largest absolute Gasteiger partial charge is 0.356 e. The van der Waals surface area contributed by atoms with E-state index >= 15 is 0 Å². The van der Waals surface area contributed by atoms with Crippen LogP contribution in [0.25, 0.3) is 10.6 Å². The molecular formula is C26H37FN4O2S. The van der Waals surface area contributed by atoms with Gasteiger partial charge in [-0.3, -0.25) is 9.59 Å². The molecular weight excluding hydrogens is 451 g/mol. The van der Waals surface area contributed by atoms with Gasteiger partial charge in [-0.1, -0.05) is 20.8 Å². The second-order valence-corrected chi connectivity index (χ2v) is 10.0. The van der Waals surface area contributed by atoms with Gasteiger partial charge in [0, 0.05) is 31.1 Å². The fraction of sp³-hybridized carbons (Fsp3) is 0.577. The van der Waals surface area contributed by atoms with Gasteiger partial charge in [-0.05, 0) is 76.0 Å². The van der Waals surface area contributed by atoms with Crippen LogP contribution in [-0.2, 0) is 4.79 Å². The average Bonchev–Trinajstić information content (AvgIpc) is 3.25. The number of benzene rings is 1. The number of rotatable bonds is 10. The van der Waals surface area contributed by atoms with E-state index in [1.54, 1.807) is 12.1 Å². The van der Waals surface area contributed by atoms with Crippen LogP contribution in [0.4, 0.5) is 4.39 Å². The molecule has 1 aliphatic heterocycles. The van der Waals surface area contributed by atoms with Crippen molar-refractivity contribution >= 4 is 23.2 Å². The molecule has 34 heavy (non-hydrogen) atoms. The fourth-order valence-electron chi connectivity index (χ4n) is 4.49. The molecule has 3 rings (SSSR count). The summed E-state index contributed by atoms with van der Waals surface area (Å²) in [5.41, 5.74) is 1.51. The van der Waals surface area contributed by atoms with Gasteiger partial charge in [0.25, 0.3) is 5.91 Å². The first kappa shape index (κ1) is 26.3. The lowest BCUT2D eigenvalue weighted by molar-refractivity contribution is -0.126. The van der Waals surface area contributed by atoms with Crippen molar-refractivity contribution in [1.82, 2.24) is 20.1 Å². The lowest BCUT2D eigenvalue weighted by atomic mass is 9.84. The number of piperidine rings is 1. The number of thiazole rings is 1. The molecule has 0 radical (unpaired) electrons. The normalized spacial score (nSPS) is 15.5. The third-order valence-electron chi connectivity index (χ3n) is 6.87. The molecule has 1 aliphatic rings. The maximum absolute atomic E-state index is 13.2. The van der Waals surface area contributed by atoms with Crippen molar-refractivity contribution in [3.05, 3.63) is 40.7 Å². The first-order chi connectivity index (χ1) is 16.3. The van der Waals surface area contributed by atoms with Gasteiger partial charge in [-0.2, -0.15) is 0 Å². The predicted molar refractivity (Wildman–Crippen MR) is 135 cm³/mol. The summed E-state index contributed by atoms with van der Waals surface area (Å²) in [7, 11) is 0. The lowest BCUT2D eigenvalue weighted by Crippen LogP contribution is -2.43. The topological polar surface area (TPSA) is 65.5 Å². The Labute approximate surface area is 206 Å². The highest BCUT2D eigenvalue weighted by Gasteiger charge is 2.31. The molecule has 0 unspecified atom stereocenters. The predicted octanol–water partition coefficient (Wildman–Crippen LogP) is 4.59. The molecule has 1 aromatic carbocycles. The van der Waals surface area contributed by atoms with Crippen molar-refractivity contribution in [2.24, 2.45) is 11.8 Å². The minimum atomic E-state index is -0.293. The molecule has 1 N–H and O–H groups in total. The number of hydrogen-bond donors (Lipinski definition) is 1. The summed E-state index contributed by atoms with van der Waals surface area (Å²) in [6.07, 6.45) is 2.60. The van der Waals surface area contributed by atoms with Crippen LogP contribution in [0, 0.1) is 24.6 Å². The molecule has 6 nitrogen and oxygen atoms in total. The number of hydrogen-bond acceptors (Lipinski definition) is 5. The number of carbonyl (C=O) groups excluding carboxylic acids is 2. The maximum Gasteiger partial charge on any atom is 0.265 e. The first-order valence-electron chi connectivity index (χ1n) is 12.4. The quantitative estimate of drug-likeness (QED) is 0.497. The zero-order valence-corrected chi connectivity index (χ0v) is 21.6. The van der Waals surface area contributed by atoms with Gasteiger partial charge in [0.1, 0.15) is 15.7 Å². The molecule has 1 aromatic heterocycles. The Morgan fingerprint density at radius 2 is 1.85 bits per heavy atom. The van der Waals surface area contributed by atoms with Crippen molar-refractivity contribution in [2.45, 2.75) is 47.0 Å². The van der Waals surface area contributed by atoms with Gasteiger partial charge in [-0.25, -0.2) is 9.37 Å². The molecule has 0 aliphatic carbocycles. The molecule has 1 atom stereocenters. The van der Waals surface area contributed by atoms with Gasteiger partial charge in [0.2, 0.25) is 5.91 Å². The van der Waals surface area contributed by atoms with E-state index < -0.39 is 0 Å². The minimum absolute atomic E-state index is 0.00433. The smallest absolute Gasteiger partial charge is 0.265 e. The summed E-state index contributed by atoms with van der Waals surface area (Å²) < 4.78 is 13.2. The van der Waals surface area contributed by atoms with Crippen LogP contribution < -0.4 is 5.32 Å². The van der Waals surface area contributed by atoms with Crippen LogP contribution in [-0.4, -0.2) is 65.9 Å². The average molecular weight is 489 g/mol. The number of aromatic nitrogens is 1. The molecule has 1 saturated heterocycles. The van der Waals surface area contributed by atoms with E-state index in [0.717, 1.165) is 49.5 Å². The summed E-state index contributed by atoms with van der Waals surface area (Å²) in [6.45, 7) is 13.2. The Hall–Kier alpha value is -2.32. The number of amides is 2. The maximum atomic E-state index is 13.2. The second-order valence-electron chi connectivity index (χ2n) is 9.03. The summed E-state index contributed by atoms with van der Waals surface area (Å²) in [4.78, 5) is 35.2. The van der Waals surface area contributed by atoms with Crippen molar-refractivity contribution in [1.29, 1.82) is 0 Å². The van der Waals surface area contributed by atoms with Gasteiger partial charge >= 0.3 is 0 Å². The van der Waals surface area contributed by atoms with Gasteiger partial charge in [0.15, 0.2) is 0 Å². The standard InChI is InChI=1S/C26H37FN4O2S/c1-5-30(6-2)15-7-14-28-24(32)18(3)20-12-16-31(17-13-20)26(33)23-19(4)29-25(34-23)21-8-10-22(27)11-9-21/h8-11,18,20H,5-7,12-17H2,1-4H3,(H,28,32)/t18-/m0/s1. The van der Waals surface area contributed by atoms with E-state index in [4.69, 9.17) is 0 Å². The van der Waals surface area contributed by atoms with E-state index in [0.29, 0.717) is 30.2 Å². The molecule has 1 fully saturated rings. The van der Waals surface area contributed by atoms with Crippen LogP contribution in [0.3, 0.4) is 0 Å². The molecule has 186 valence electrons. The number of nitrogens with one attached hydrogen (secondary N) is 1. The van der Waals surface area contributed by atoms with Gasteiger partial charge in [0.05, 0.1) is 5.69 Å². The van der Waals surface area contributed by atoms with Crippen molar-refractivity contribution < 1.29 is 14.0 Å². The number of halogens is 1. The van der Waals surface area contributed by atoms with E-state index in [2.05, 4.69) is 29.0 Å². The number of aryl methyl sites for hydroxylation is 1. The molecule has 2 heterocycles. The molecule has 2 amide bonds. The van der Waals surface area contributed by atoms with Crippen molar-refractivity contribution in [3.63, 3.8) is 0 Å². The Morgan fingerprint density at radius 3 is 2.47 bits per heavy atom. The highest BCUT2D eigenvalue weighted by Crippen LogP contribution is 2.31. The van der Waals surface area contributed by atoms with E-state index in [9.17, 15) is 14.0 Å². The van der Waals surface area contributed by atoms with Crippen LogP contribution in [0.5, 0.6) is 0 Å². The van der Waals surface area contributed by atoms with Crippen molar-refractivity contribution in [3.8, 4) is 10.6 Å².